The quantitative estimate of drug-likeness (QED) is 0.769. The van der Waals surface area contributed by atoms with Crippen LogP contribution < -0.4 is 0 Å². The molecule has 0 radical (unpaired) electrons. The maximum Gasteiger partial charge on any atom is 0.0855 e. The number of aromatic nitrogens is 1. The molecule has 15 heavy (non-hydrogen) atoms. The van der Waals surface area contributed by atoms with E-state index in [1.54, 1.807) is 26.2 Å². The first-order chi connectivity index (χ1) is 7.00. The van der Waals surface area contributed by atoms with Gasteiger partial charge in [0.25, 0.3) is 0 Å². The molecule has 0 saturated carbocycles. The van der Waals surface area contributed by atoms with Gasteiger partial charge in [-0.1, -0.05) is 33.8 Å². The topological polar surface area (TPSA) is 33.1 Å². The maximum absolute atomic E-state index is 9.57. The lowest BCUT2D eigenvalue weighted by atomic mass is 10.00. The second-order valence-corrected chi connectivity index (χ2v) is 3.31. The first kappa shape index (κ1) is 16.5. The number of nitrogens with zero attached hydrogens (tertiary/aromatic N) is 1. The zero-order chi connectivity index (χ0) is 12.5. The molecule has 0 bridgehead atoms. The second-order valence-electron chi connectivity index (χ2n) is 3.31. The van der Waals surface area contributed by atoms with E-state index in [9.17, 15) is 5.11 Å². The largest absolute Gasteiger partial charge is 0.386 e. The Morgan fingerprint density at radius 1 is 1.07 bits per heavy atom. The van der Waals surface area contributed by atoms with Crippen molar-refractivity contribution < 1.29 is 5.11 Å². The number of aryl methyl sites for hydroxylation is 1. The van der Waals surface area contributed by atoms with E-state index in [0.29, 0.717) is 0 Å². The summed E-state index contributed by atoms with van der Waals surface area (Å²) in [5, 5.41) is 9.57. The zero-order valence-electron chi connectivity index (χ0n) is 11.1. The van der Waals surface area contributed by atoms with Crippen molar-refractivity contribution in [1.29, 1.82) is 0 Å². The Morgan fingerprint density at radius 3 is 1.80 bits per heavy atom. The Morgan fingerprint density at radius 2 is 1.53 bits per heavy atom. The van der Waals surface area contributed by atoms with E-state index in [0.717, 1.165) is 11.1 Å². The lowest BCUT2D eigenvalue weighted by molar-refractivity contribution is 0.0781. The van der Waals surface area contributed by atoms with Gasteiger partial charge in [0.2, 0.25) is 0 Å². The SMILES string of the molecule is CC.CC.Cc1cncc(C(C)(C)O)c1. The van der Waals surface area contributed by atoms with Crippen LogP contribution in [0.5, 0.6) is 0 Å². The van der Waals surface area contributed by atoms with Crippen molar-refractivity contribution in [3.05, 3.63) is 29.6 Å². The highest BCUT2D eigenvalue weighted by molar-refractivity contribution is 5.21. The lowest BCUT2D eigenvalue weighted by Crippen LogP contribution is -2.15. The molecule has 1 heterocycles. The summed E-state index contributed by atoms with van der Waals surface area (Å²) in [6.45, 7) is 13.5. The summed E-state index contributed by atoms with van der Waals surface area (Å²) in [7, 11) is 0. The summed E-state index contributed by atoms with van der Waals surface area (Å²) in [4.78, 5) is 3.99. The zero-order valence-corrected chi connectivity index (χ0v) is 11.1. The van der Waals surface area contributed by atoms with Gasteiger partial charge in [0.1, 0.15) is 0 Å². The molecule has 0 spiro atoms. The number of hydrogen-bond acceptors (Lipinski definition) is 2. The molecule has 1 N–H and O–H groups in total. The van der Waals surface area contributed by atoms with Crippen molar-refractivity contribution in [2.45, 2.75) is 54.1 Å². The van der Waals surface area contributed by atoms with Crippen LogP contribution in [0.1, 0.15) is 52.7 Å². The first-order valence-electron chi connectivity index (χ1n) is 5.64. The summed E-state index contributed by atoms with van der Waals surface area (Å²) < 4.78 is 0. The van der Waals surface area contributed by atoms with Crippen LogP contribution in [0.25, 0.3) is 0 Å². The molecule has 2 nitrogen and oxygen atoms in total. The molecule has 0 fully saturated rings. The van der Waals surface area contributed by atoms with Gasteiger partial charge in [-0.25, -0.2) is 0 Å². The normalized spacial score (nSPS) is 9.33. The monoisotopic (exact) mass is 211 g/mol. The Bertz CT molecular complexity index is 251. The van der Waals surface area contributed by atoms with Crippen LogP contribution in [-0.2, 0) is 5.60 Å². The number of pyridine rings is 1. The summed E-state index contributed by atoms with van der Waals surface area (Å²) in [6, 6.07) is 1.94. The van der Waals surface area contributed by atoms with E-state index in [4.69, 9.17) is 0 Å². The molecule has 0 unspecified atom stereocenters. The molecule has 1 aromatic rings. The second kappa shape index (κ2) is 8.42. The third-order valence-electron chi connectivity index (χ3n) is 1.58. The molecular weight excluding hydrogens is 186 g/mol. The highest BCUT2D eigenvalue weighted by Crippen LogP contribution is 2.18. The van der Waals surface area contributed by atoms with Gasteiger partial charge in [0.05, 0.1) is 5.60 Å². The van der Waals surface area contributed by atoms with Crippen LogP contribution in [0, 0.1) is 6.92 Å². The van der Waals surface area contributed by atoms with E-state index < -0.39 is 5.60 Å². The number of hydrogen-bond donors (Lipinski definition) is 1. The first-order valence-corrected chi connectivity index (χ1v) is 5.64. The highest BCUT2D eigenvalue weighted by atomic mass is 16.3. The average Bonchev–Trinajstić information content (AvgIpc) is 2.23. The van der Waals surface area contributed by atoms with Crippen LogP contribution in [0.4, 0.5) is 0 Å². The maximum atomic E-state index is 9.57. The Balaban J connectivity index is 0. The summed E-state index contributed by atoms with van der Waals surface area (Å²) >= 11 is 0. The van der Waals surface area contributed by atoms with E-state index in [1.165, 1.54) is 0 Å². The molecule has 0 atom stereocenters. The molecule has 0 saturated heterocycles. The number of rotatable bonds is 1. The molecule has 0 amide bonds. The van der Waals surface area contributed by atoms with E-state index in [2.05, 4.69) is 4.98 Å². The molecule has 0 aliphatic heterocycles. The van der Waals surface area contributed by atoms with Gasteiger partial charge in [-0.15, -0.1) is 0 Å². The van der Waals surface area contributed by atoms with Gasteiger partial charge in [-0.05, 0) is 26.3 Å². The van der Waals surface area contributed by atoms with Crippen LogP contribution >= 0.6 is 0 Å². The minimum atomic E-state index is -0.779. The molecule has 88 valence electrons. The van der Waals surface area contributed by atoms with E-state index in [1.807, 2.05) is 40.7 Å². The Kier molecular flexibility index (Phi) is 9.28. The standard InChI is InChI=1S/C9H13NO.2C2H6/c1-7-4-8(6-10-5-7)9(2,3)11;2*1-2/h4-6,11H,1-3H3;2*1-2H3. The minimum Gasteiger partial charge on any atom is -0.386 e. The number of aliphatic hydroxyl groups is 1. The van der Waals surface area contributed by atoms with Crippen LogP contribution in [-0.4, -0.2) is 10.1 Å². The third-order valence-corrected chi connectivity index (χ3v) is 1.58. The van der Waals surface area contributed by atoms with Gasteiger partial charge in [0.15, 0.2) is 0 Å². The van der Waals surface area contributed by atoms with Crippen molar-refractivity contribution in [3.8, 4) is 0 Å². The molecule has 0 aliphatic rings. The van der Waals surface area contributed by atoms with Gasteiger partial charge < -0.3 is 5.11 Å². The Labute approximate surface area is 94.4 Å². The average molecular weight is 211 g/mol. The van der Waals surface area contributed by atoms with Crippen molar-refractivity contribution in [2.75, 3.05) is 0 Å². The van der Waals surface area contributed by atoms with Crippen molar-refractivity contribution in [1.82, 2.24) is 4.98 Å². The van der Waals surface area contributed by atoms with Gasteiger partial charge in [-0.2, -0.15) is 0 Å². The smallest absolute Gasteiger partial charge is 0.0855 e. The minimum absolute atomic E-state index is 0.779. The van der Waals surface area contributed by atoms with E-state index >= 15 is 0 Å². The lowest BCUT2D eigenvalue weighted by Gasteiger charge is -2.17. The van der Waals surface area contributed by atoms with Gasteiger partial charge >= 0.3 is 0 Å². The van der Waals surface area contributed by atoms with Crippen molar-refractivity contribution in [2.24, 2.45) is 0 Å². The van der Waals surface area contributed by atoms with Crippen LogP contribution in [0.15, 0.2) is 18.5 Å². The molecule has 0 aliphatic carbocycles. The van der Waals surface area contributed by atoms with Crippen molar-refractivity contribution in [3.63, 3.8) is 0 Å². The van der Waals surface area contributed by atoms with Gasteiger partial charge in [-0.3, -0.25) is 4.98 Å². The molecule has 0 aromatic carbocycles. The van der Waals surface area contributed by atoms with Gasteiger partial charge in [0, 0.05) is 18.0 Å². The molecule has 2 heteroatoms. The summed E-state index contributed by atoms with van der Waals surface area (Å²) in [5.74, 6) is 0. The fourth-order valence-electron chi connectivity index (χ4n) is 0.890. The molecule has 1 rings (SSSR count). The summed E-state index contributed by atoms with van der Waals surface area (Å²) in [5.41, 5.74) is 1.15. The third kappa shape index (κ3) is 7.09. The van der Waals surface area contributed by atoms with Crippen LogP contribution in [0.3, 0.4) is 0 Å². The predicted octanol–water partition coefficient (Wildman–Crippen LogP) is 3.67. The Hall–Kier alpha value is -0.890. The predicted molar refractivity (Wildman–Crippen MR) is 66.9 cm³/mol. The highest BCUT2D eigenvalue weighted by Gasteiger charge is 2.15. The van der Waals surface area contributed by atoms with Crippen LogP contribution in [0.2, 0.25) is 0 Å². The fraction of sp³-hybridized carbons (Fsp3) is 0.615. The van der Waals surface area contributed by atoms with E-state index in [-0.39, 0.29) is 0 Å². The molecular formula is C13H25NO. The fourth-order valence-corrected chi connectivity index (χ4v) is 0.890. The molecule has 1 aromatic heterocycles. The van der Waals surface area contributed by atoms with Crippen molar-refractivity contribution >= 4 is 0 Å². The summed E-state index contributed by atoms with van der Waals surface area (Å²) in [6.07, 6.45) is 3.46.